The first kappa shape index (κ1) is 14.2. The second kappa shape index (κ2) is 5.64. The van der Waals surface area contributed by atoms with Crippen LogP contribution in [0.2, 0.25) is 0 Å². The van der Waals surface area contributed by atoms with Crippen molar-refractivity contribution in [2.75, 3.05) is 0 Å². The smallest absolute Gasteiger partial charge is 0.337 e. The van der Waals surface area contributed by atoms with Crippen LogP contribution in [0.4, 0.5) is 0 Å². The summed E-state index contributed by atoms with van der Waals surface area (Å²) in [6.07, 6.45) is 0.317. The van der Waals surface area contributed by atoms with E-state index in [2.05, 4.69) is 5.32 Å². The van der Waals surface area contributed by atoms with Gasteiger partial charge < -0.3 is 15.5 Å². The summed E-state index contributed by atoms with van der Waals surface area (Å²) in [4.78, 5) is 22.8. The molecule has 3 N–H and O–H groups in total. The SMILES string of the molecule is CC[C@H](NC(=O)c1ccccc1)[C@@](C)(O)C(=O)O. The lowest BCUT2D eigenvalue weighted by molar-refractivity contribution is -0.159. The van der Waals surface area contributed by atoms with E-state index in [1.165, 1.54) is 6.92 Å². The molecule has 2 atom stereocenters. The molecule has 0 aliphatic carbocycles. The lowest BCUT2D eigenvalue weighted by Gasteiger charge is -2.28. The van der Waals surface area contributed by atoms with Crippen LogP contribution in [0.25, 0.3) is 0 Å². The molecule has 0 bridgehead atoms. The first-order chi connectivity index (χ1) is 8.39. The van der Waals surface area contributed by atoms with E-state index in [0.29, 0.717) is 12.0 Å². The van der Waals surface area contributed by atoms with Crippen LogP contribution in [0, 0.1) is 0 Å². The summed E-state index contributed by atoms with van der Waals surface area (Å²) < 4.78 is 0. The first-order valence-corrected chi connectivity index (χ1v) is 5.71. The van der Waals surface area contributed by atoms with Crippen LogP contribution < -0.4 is 5.32 Å². The maximum Gasteiger partial charge on any atom is 0.337 e. The second-order valence-corrected chi connectivity index (χ2v) is 4.25. The van der Waals surface area contributed by atoms with Gasteiger partial charge in [-0.1, -0.05) is 25.1 Å². The number of aliphatic hydroxyl groups is 1. The zero-order valence-electron chi connectivity index (χ0n) is 10.4. The number of carboxylic acid groups (broad SMARTS) is 1. The van der Waals surface area contributed by atoms with Crippen LogP contribution in [0.1, 0.15) is 30.6 Å². The summed E-state index contributed by atoms with van der Waals surface area (Å²) in [5, 5.41) is 21.3. The van der Waals surface area contributed by atoms with Gasteiger partial charge in [0.15, 0.2) is 5.60 Å². The van der Waals surface area contributed by atoms with E-state index in [9.17, 15) is 14.7 Å². The van der Waals surface area contributed by atoms with Gasteiger partial charge in [0, 0.05) is 5.56 Å². The number of carbonyl (C=O) groups is 2. The van der Waals surface area contributed by atoms with Gasteiger partial charge in [0.1, 0.15) is 0 Å². The number of hydrogen-bond acceptors (Lipinski definition) is 3. The Morgan fingerprint density at radius 2 is 1.89 bits per heavy atom. The predicted molar refractivity (Wildman–Crippen MR) is 66.2 cm³/mol. The normalized spacial score (nSPS) is 15.5. The van der Waals surface area contributed by atoms with Gasteiger partial charge in [0.25, 0.3) is 5.91 Å². The number of rotatable bonds is 5. The average Bonchev–Trinajstić information content (AvgIpc) is 2.36. The third kappa shape index (κ3) is 3.07. The molecule has 0 unspecified atom stereocenters. The molecule has 1 aromatic rings. The molecule has 0 aliphatic rings. The van der Waals surface area contributed by atoms with Crippen molar-refractivity contribution in [3.63, 3.8) is 0 Å². The van der Waals surface area contributed by atoms with Crippen molar-refractivity contribution in [2.45, 2.75) is 31.9 Å². The molecule has 18 heavy (non-hydrogen) atoms. The molecule has 5 nitrogen and oxygen atoms in total. The van der Waals surface area contributed by atoms with Gasteiger partial charge in [-0.25, -0.2) is 4.79 Å². The van der Waals surface area contributed by atoms with Crippen molar-refractivity contribution in [2.24, 2.45) is 0 Å². The third-order valence-electron chi connectivity index (χ3n) is 2.86. The summed E-state index contributed by atoms with van der Waals surface area (Å²) in [5.74, 6) is -1.76. The van der Waals surface area contributed by atoms with Gasteiger partial charge in [-0.3, -0.25) is 4.79 Å². The van der Waals surface area contributed by atoms with Crippen molar-refractivity contribution in [1.29, 1.82) is 0 Å². The Labute approximate surface area is 105 Å². The number of nitrogens with one attached hydrogen (secondary N) is 1. The molecule has 98 valence electrons. The lowest BCUT2D eigenvalue weighted by Crippen LogP contribution is -2.55. The maximum atomic E-state index is 11.9. The molecule has 0 saturated carbocycles. The average molecular weight is 251 g/mol. The number of aliphatic carboxylic acids is 1. The van der Waals surface area contributed by atoms with Gasteiger partial charge in [0.2, 0.25) is 0 Å². The Bertz CT molecular complexity index is 428. The van der Waals surface area contributed by atoms with E-state index in [1.807, 2.05) is 0 Å². The number of carbonyl (C=O) groups excluding carboxylic acids is 1. The van der Waals surface area contributed by atoms with Gasteiger partial charge in [-0.2, -0.15) is 0 Å². The molecule has 0 heterocycles. The Kier molecular flexibility index (Phi) is 4.44. The standard InChI is InChI=1S/C13H17NO4/c1-3-10(13(2,18)12(16)17)14-11(15)9-7-5-4-6-8-9/h4-8,10,18H,3H2,1-2H3,(H,14,15)(H,16,17)/t10-,13+/m0/s1. The van der Waals surface area contributed by atoms with E-state index < -0.39 is 23.5 Å². The summed E-state index contributed by atoms with van der Waals surface area (Å²) in [7, 11) is 0. The van der Waals surface area contributed by atoms with Gasteiger partial charge in [-0.15, -0.1) is 0 Å². The van der Waals surface area contributed by atoms with Crippen LogP contribution in [-0.4, -0.2) is 33.7 Å². The summed E-state index contributed by atoms with van der Waals surface area (Å²) in [6, 6.07) is 7.61. The molecule has 1 aromatic carbocycles. The highest BCUT2D eigenvalue weighted by Crippen LogP contribution is 2.14. The zero-order valence-corrected chi connectivity index (χ0v) is 10.4. The van der Waals surface area contributed by atoms with E-state index in [4.69, 9.17) is 5.11 Å². The lowest BCUT2D eigenvalue weighted by atomic mass is 9.94. The van der Waals surface area contributed by atoms with E-state index in [1.54, 1.807) is 37.3 Å². The van der Waals surface area contributed by atoms with Crippen LogP contribution in [0.15, 0.2) is 30.3 Å². The quantitative estimate of drug-likeness (QED) is 0.729. The third-order valence-corrected chi connectivity index (χ3v) is 2.86. The van der Waals surface area contributed by atoms with Gasteiger partial charge >= 0.3 is 5.97 Å². The molecule has 0 aromatic heterocycles. The number of hydrogen-bond donors (Lipinski definition) is 3. The Hall–Kier alpha value is -1.88. The van der Waals surface area contributed by atoms with Gasteiger partial charge in [0.05, 0.1) is 6.04 Å². The van der Waals surface area contributed by atoms with Crippen molar-refractivity contribution >= 4 is 11.9 Å². The van der Waals surface area contributed by atoms with Crippen LogP contribution in [0.3, 0.4) is 0 Å². The Balaban J connectivity index is 2.82. The van der Waals surface area contributed by atoms with E-state index >= 15 is 0 Å². The molecule has 5 heteroatoms. The predicted octanol–water partition coefficient (Wildman–Crippen LogP) is 1.03. The highest BCUT2D eigenvalue weighted by molar-refractivity contribution is 5.95. The largest absolute Gasteiger partial charge is 0.479 e. The van der Waals surface area contributed by atoms with Crippen molar-refractivity contribution in [1.82, 2.24) is 5.32 Å². The molecule has 0 spiro atoms. The van der Waals surface area contributed by atoms with Crippen LogP contribution in [-0.2, 0) is 4.79 Å². The maximum absolute atomic E-state index is 11.9. The van der Waals surface area contributed by atoms with Crippen molar-refractivity contribution in [3.8, 4) is 0 Å². The van der Waals surface area contributed by atoms with Crippen molar-refractivity contribution in [3.05, 3.63) is 35.9 Å². The van der Waals surface area contributed by atoms with E-state index in [-0.39, 0.29) is 0 Å². The molecule has 1 rings (SSSR count). The number of amides is 1. The van der Waals surface area contributed by atoms with Crippen LogP contribution in [0.5, 0.6) is 0 Å². The minimum Gasteiger partial charge on any atom is -0.479 e. The van der Waals surface area contributed by atoms with Crippen molar-refractivity contribution < 1.29 is 19.8 Å². The molecular formula is C13H17NO4. The fourth-order valence-electron chi connectivity index (χ4n) is 1.62. The fourth-order valence-corrected chi connectivity index (χ4v) is 1.62. The molecule has 0 saturated heterocycles. The topological polar surface area (TPSA) is 86.6 Å². The van der Waals surface area contributed by atoms with Gasteiger partial charge in [-0.05, 0) is 25.5 Å². The minimum atomic E-state index is -1.99. The number of benzene rings is 1. The Morgan fingerprint density at radius 3 is 2.33 bits per heavy atom. The minimum absolute atomic E-state index is 0.317. The fraction of sp³-hybridized carbons (Fsp3) is 0.385. The molecule has 1 amide bonds. The first-order valence-electron chi connectivity index (χ1n) is 5.71. The highest BCUT2D eigenvalue weighted by Gasteiger charge is 2.39. The summed E-state index contributed by atoms with van der Waals surface area (Å²) in [6.45, 7) is 2.88. The van der Waals surface area contributed by atoms with E-state index in [0.717, 1.165) is 0 Å². The summed E-state index contributed by atoms with van der Waals surface area (Å²) >= 11 is 0. The number of carboxylic acids is 1. The monoisotopic (exact) mass is 251 g/mol. The highest BCUT2D eigenvalue weighted by atomic mass is 16.4. The molecule has 0 radical (unpaired) electrons. The summed E-state index contributed by atoms with van der Waals surface area (Å²) in [5.41, 5.74) is -1.56. The second-order valence-electron chi connectivity index (χ2n) is 4.25. The molecule has 0 fully saturated rings. The molecular weight excluding hydrogens is 234 g/mol. The zero-order chi connectivity index (χ0) is 13.8. The Morgan fingerprint density at radius 1 is 1.33 bits per heavy atom. The molecule has 0 aliphatic heterocycles. The van der Waals surface area contributed by atoms with Crippen LogP contribution >= 0.6 is 0 Å².